The van der Waals surface area contributed by atoms with Crippen LogP contribution in [0.3, 0.4) is 0 Å². The van der Waals surface area contributed by atoms with Crippen LogP contribution >= 0.6 is 0 Å². The Bertz CT molecular complexity index is 430. The first-order chi connectivity index (χ1) is 7.72. The quantitative estimate of drug-likeness (QED) is 0.541. The van der Waals surface area contributed by atoms with Gasteiger partial charge in [-0.15, -0.1) is 0 Å². The number of carbonyl (C=O) groups is 2. The van der Waals surface area contributed by atoms with Crippen molar-refractivity contribution in [1.82, 2.24) is 0 Å². The van der Waals surface area contributed by atoms with E-state index in [2.05, 4.69) is 4.74 Å². The van der Waals surface area contributed by atoms with Crippen LogP contribution in [0.2, 0.25) is 0 Å². The van der Waals surface area contributed by atoms with Crippen LogP contribution < -0.4 is 9.64 Å². The molecule has 0 unspecified atom stereocenters. The van der Waals surface area contributed by atoms with E-state index in [9.17, 15) is 9.59 Å². The van der Waals surface area contributed by atoms with Gasteiger partial charge in [0.15, 0.2) is 0 Å². The highest BCUT2D eigenvalue weighted by atomic mass is 16.5. The lowest BCUT2D eigenvalue weighted by molar-refractivity contribution is -0.156. The minimum atomic E-state index is -0.811. The zero-order valence-electron chi connectivity index (χ0n) is 8.80. The molecule has 1 aromatic rings. The van der Waals surface area contributed by atoms with Crippen LogP contribution in [-0.4, -0.2) is 32.1 Å². The number of cyclic esters (lactones) is 1. The third-order valence-electron chi connectivity index (χ3n) is 2.33. The summed E-state index contributed by atoms with van der Waals surface area (Å²) in [4.78, 5) is 24.0. The number of amides is 1. The number of nitrogens with zero attached hydrogens (tertiary/aromatic N) is 1. The molecule has 0 saturated carbocycles. The lowest BCUT2D eigenvalue weighted by Crippen LogP contribution is -2.45. The highest BCUT2D eigenvalue weighted by molar-refractivity contribution is 6.38. The van der Waals surface area contributed by atoms with Crippen molar-refractivity contribution in [2.75, 3.05) is 25.2 Å². The van der Waals surface area contributed by atoms with Crippen LogP contribution in [0.5, 0.6) is 5.75 Å². The Hall–Kier alpha value is -2.04. The number of methoxy groups -OCH3 is 1. The molecule has 1 fully saturated rings. The van der Waals surface area contributed by atoms with E-state index in [4.69, 9.17) is 4.74 Å². The molecule has 1 aromatic carbocycles. The smallest absolute Gasteiger partial charge is 0.397 e. The zero-order chi connectivity index (χ0) is 11.5. The number of carbonyl (C=O) groups excluding carboxylic acids is 2. The molecule has 1 aliphatic rings. The third-order valence-corrected chi connectivity index (χ3v) is 2.33. The molecular formula is C11H11NO4. The fourth-order valence-corrected chi connectivity index (χ4v) is 1.53. The molecule has 84 valence electrons. The summed E-state index contributed by atoms with van der Waals surface area (Å²) in [6.07, 6.45) is 0. The summed E-state index contributed by atoms with van der Waals surface area (Å²) < 4.78 is 9.69. The van der Waals surface area contributed by atoms with Gasteiger partial charge in [0.25, 0.3) is 0 Å². The molecule has 16 heavy (non-hydrogen) atoms. The highest BCUT2D eigenvalue weighted by Crippen LogP contribution is 2.22. The number of ether oxygens (including phenoxy) is 2. The maximum Gasteiger partial charge on any atom is 0.397 e. The zero-order valence-corrected chi connectivity index (χ0v) is 8.80. The highest BCUT2D eigenvalue weighted by Gasteiger charge is 2.29. The van der Waals surface area contributed by atoms with Crippen molar-refractivity contribution < 1.29 is 19.1 Å². The molecular weight excluding hydrogens is 210 g/mol. The molecule has 0 atom stereocenters. The van der Waals surface area contributed by atoms with Crippen LogP contribution in [-0.2, 0) is 14.3 Å². The Balaban J connectivity index is 2.28. The number of morpholine rings is 1. The van der Waals surface area contributed by atoms with Crippen molar-refractivity contribution in [3.63, 3.8) is 0 Å². The predicted molar refractivity (Wildman–Crippen MR) is 56.3 cm³/mol. The number of anilines is 1. The van der Waals surface area contributed by atoms with E-state index in [-0.39, 0.29) is 6.61 Å². The first-order valence-corrected chi connectivity index (χ1v) is 4.85. The van der Waals surface area contributed by atoms with Gasteiger partial charge < -0.3 is 9.47 Å². The Labute approximate surface area is 92.6 Å². The fourth-order valence-electron chi connectivity index (χ4n) is 1.53. The molecule has 1 saturated heterocycles. The first-order valence-electron chi connectivity index (χ1n) is 4.85. The van der Waals surface area contributed by atoms with Gasteiger partial charge in [-0.2, -0.15) is 0 Å². The fraction of sp³-hybridized carbons (Fsp3) is 0.273. The molecule has 0 bridgehead atoms. The molecule has 0 radical (unpaired) electrons. The largest absolute Gasteiger partial charge is 0.497 e. The third kappa shape index (κ3) is 1.84. The monoisotopic (exact) mass is 221 g/mol. The van der Waals surface area contributed by atoms with Crippen molar-refractivity contribution in [1.29, 1.82) is 0 Å². The van der Waals surface area contributed by atoms with Crippen molar-refractivity contribution in [2.24, 2.45) is 0 Å². The van der Waals surface area contributed by atoms with Crippen LogP contribution in [0.25, 0.3) is 0 Å². The van der Waals surface area contributed by atoms with E-state index < -0.39 is 11.9 Å². The average Bonchev–Trinajstić information content (AvgIpc) is 2.33. The Morgan fingerprint density at radius 3 is 2.94 bits per heavy atom. The van der Waals surface area contributed by atoms with E-state index in [1.807, 2.05) is 0 Å². The molecule has 0 N–H and O–H groups in total. The summed E-state index contributed by atoms with van der Waals surface area (Å²) in [5.41, 5.74) is 0.640. The van der Waals surface area contributed by atoms with Gasteiger partial charge in [-0.3, -0.25) is 9.69 Å². The minimum Gasteiger partial charge on any atom is -0.497 e. The number of hydrogen-bond acceptors (Lipinski definition) is 4. The Kier molecular flexibility index (Phi) is 2.76. The van der Waals surface area contributed by atoms with E-state index in [0.29, 0.717) is 18.0 Å². The number of esters is 1. The molecule has 1 amide bonds. The van der Waals surface area contributed by atoms with Crippen molar-refractivity contribution in [3.8, 4) is 5.75 Å². The molecule has 1 aliphatic heterocycles. The van der Waals surface area contributed by atoms with Crippen molar-refractivity contribution in [2.45, 2.75) is 0 Å². The SMILES string of the molecule is COc1cccc(N2CCOC(=O)C2=O)c1. The van der Waals surface area contributed by atoms with Gasteiger partial charge in [-0.05, 0) is 12.1 Å². The van der Waals surface area contributed by atoms with Crippen LogP contribution in [0.15, 0.2) is 24.3 Å². The molecule has 0 aromatic heterocycles. The number of rotatable bonds is 2. The molecule has 2 rings (SSSR count). The summed E-state index contributed by atoms with van der Waals surface area (Å²) in [7, 11) is 1.55. The van der Waals surface area contributed by atoms with Gasteiger partial charge >= 0.3 is 11.9 Å². The standard InChI is InChI=1S/C11H11NO4/c1-15-9-4-2-3-8(7-9)12-5-6-16-11(14)10(12)13/h2-4,7H,5-6H2,1H3. The molecule has 0 aliphatic carbocycles. The summed E-state index contributed by atoms with van der Waals surface area (Å²) in [5.74, 6) is -0.808. The van der Waals surface area contributed by atoms with E-state index in [0.717, 1.165) is 0 Å². The number of hydrogen-bond donors (Lipinski definition) is 0. The molecule has 5 heteroatoms. The second-order valence-electron chi connectivity index (χ2n) is 3.29. The summed E-state index contributed by atoms with van der Waals surface area (Å²) >= 11 is 0. The maximum atomic E-state index is 11.5. The van der Waals surface area contributed by atoms with E-state index in [1.165, 1.54) is 4.90 Å². The minimum absolute atomic E-state index is 0.224. The van der Waals surface area contributed by atoms with E-state index >= 15 is 0 Å². The van der Waals surface area contributed by atoms with Gasteiger partial charge in [0.2, 0.25) is 0 Å². The number of benzene rings is 1. The predicted octanol–water partition coefficient (Wildman–Crippen LogP) is 0.585. The molecule has 5 nitrogen and oxygen atoms in total. The Morgan fingerprint density at radius 1 is 1.38 bits per heavy atom. The lowest BCUT2D eigenvalue weighted by atomic mass is 10.2. The van der Waals surface area contributed by atoms with Gasteiger partial charge in [0, 0.05) is 11.8 Å². The Morgan fingerprint density at radius 2 is 2.19 bits per heavy atom. The summed E-state index contributed by atoms with van der Waals surface area (Å²) in [6, 6.07) is 6.99. The lowest BCUT2D eigenvalue weighted by Gasteiger charge is -2.25. The van der Waals surface area contributed by atoms with Gasteiger partial charge in [-0.25, -0.2) is 4.79 Å². The van der Waals surface area contributed by atoms with Crippen molar-refractivity contribution in [3.05, 3.63) is 24.3 Å². The topological polar surface area (TPSA) is 55.8 Å². The van der Waals surface area contributed by atoms with Crippen LogP contribution in [0.4, 0.5) is 5.69 Å². The summed E-state index contributed by atoms with van der Waals surface area (Å²) in [5, 5.41) is 0. The van der Waals surface area contributed by atoms with Crippen LogP contribution in [0.1, 0.15) is 0 Å². The van der Waals surface area contributed by atoms with Crippen LogP contribution in [0, 0.1) is 0 Å². The molecule has 1 heterocycles. The van der Waals surface area contributed by atoms with Crippen molar-refractivity contribution >= 4 is 17.6 Å². The first kappa shape index (κ1) is 10.5. The average molecular weight is 221 g/mol. The maximum absolute atomic E-state index is 11.5. The normalized spacial score (nSPS) is 15.9. The summed E-state index contributed by atoms with van der Waals surface area (Å²) in [6.45, 7) is 0.597. The second-order valence-corrected chi connectivity index (χ2v) is 3.29. The van der Waals surface area contributed by atoms with Gasteiger partial charge in [0.05, 0.1) is 13.7 Å². The second kappa shape index (κ2) is 4.22. The van der Waals surface area contributed by atoms with Gasteiger partial charge in [0.1, 0.15) is 12.4 Å². The van der Waals surface area contributed by atoms with E-state index in [1.54, 1.807) is 31.4 Å². The molecule has 0 spiro atoms. The van der Waals surface area contributed by atoms with Gasteiger partial charge in [-0.1, -0.05) is 6.07 Å².